The molecule has 1 N–H and O–H groups in total. The van der Waals surface area contributed by atoms with E-state index in [-0.39, 0.29) is 35.8 Å². The van der Waals surface area contributed by atoms with Crippen molar-refractivity contribution in [3.8, 4) is 11.3 Å². The van der Waals surface area contributed by atoms with Gasteiger partial charge in [0.15, 0.2) is 5.76 Å². The van der Waals surface area contributed by atoms with E-state index in [2.05, 4.69) is 10.5 Å². The number of fused-ring (bicyclic) bond motifs is 1. The molecule has 0 saturated carbocycles. The van der Waals surface area contributed by atoms with Gasteiger partial charge in [-0.1, -0.05) is 5.16 Å². The van der Waals surface area contributed by atoms with Gasteiger partial charge in [0.2, 0.25) is 0 Å². The van der Waals surface area contributed by atoms with Gasteiger partial charge in [0.1, 0.15) is 17.5 Å². The van der Waals surface area contributed by atoms with Crippen molar-refractivity contribution in [3.63, 3.8) is 0 Å². The van der Waals surface area contributed by atoms with Crippen molar-refractivity contribution < 1.29 is 22.5 Å². The number of carbonyl (C=O) groups is 1. The first-order valence-corrected chi connectivity index (χ1v) is 9.10. The molecule has 2 heterocycles. The minimum Gasteiger partial charge on any atom is -0.356 e. The van der Waals surface area contributed by atoms with Gasteiger partial charge < -0.3 is 14.7 Å². The minimum absolute atomic E-state index is 0.0872. The van der Waals surface area contributed by atoms with Crippen LogP contribution in [0.5, 0.6) is 0 Å². The monoisotopic (exact) mass is 401 g/mol. The zero-order valence-corrected chi connectivity index (χ0v) is 15.8. The van der Waals surface area contributed by atoms with Crippen LogP contribution in [-0.2, 0) is 13.0 Å². The molecular weight excluding hydrogens is 383 g/mol. The molecule has 0 bridgehead atoms. The van der Waals surface area contributed by atoms with E-state index in [4.69, 9.17) is 4.52 Å². The molecule has 1 unspecified atom stereocenters. The van der Waals surface area contributed by atoms with Gasteiger partial charge >= 0.3 is 6.03 Å². The Morgan fingerprint density at radius 1 is 1.17 bits per heavy atom. The quantitative estimate of drug-likeness (QED) is 0.654. The molecule has 5 nitrogen and oxygen atoms in total. The summed E-state index contributed by atoms with van der Waals surface area (Å²) in [4.78, 5) is 14.4. The van der Waals surface area contributed by atoms with Crippen molar-refractivity contribution in [2.24, 2.45) is 0 Å². The molecule has 2 amide bonds. The maximum atomic E-state index is 14.2. The van der Waals surface area contributed by atoms with E-state index in [0.29, 0.717) is 28.9 Å². The number of carbonyl (C=O) groups excluding carboxylic acids is 1. The van der Waals surface area contributed by atoms with E-state index in [9.17, 15) is 18.0 Å². The van der Waals surface area contributed by atoms with E-state index < -0.39 is 11.6 Å². The Morgan fingerprint density at radius 2 is 1.97 bits per heavy atom. The lowest BCUT2D eigenvalue weighted by Crippen LogP contribution is -2.44. The average Bonchev–Trinajstić information content (AvgIpc) is 3.06. The summed E-state index contributed by atoms with van der Waals surface area (Å²) in [6.07, 6.45) is 0.428. The van der Waals surface area contributed by atoms with Gasteiger partial charge in [-0.25, -0.2) is 18.0 Å². The highest BCUT2D eigenvalue weighted by atomic mass is 19.1. The zero-order chi connectivity index (χ0) is 20.7. The molecule has 1 aliphatic heterocycles. The molecule has 1 aliphatic rings. The average molecular weight is 401 g/mol. The van der Waals surface area contributed by atoms with Crippen LogP contribution in [0.15, 0.2) is 40.9 Å². The Bertz CT molecular complexity index is 1100. The van der Waals surface area contributed by atoms with Crippen molar-refractivity contribution in [1.29, 1.82) is 0 Å². The van der Waals surface area contributed by atoms with Crippen molar-refractivity contribution in [3.05, 3.63) is 70.7 Å². The van der Waals surface area contributed by atoms with Crippen molar-refractivity contribution >= 4 is 11.7 Å². The first-order valence-electron chi connectivity index (χ1n) is 9.10. The second-order valence-electron chi connectivity index (χ2n) is 7.14. The van der Waals surface area contributed by atoms with Crippen LogP contribution in [0, 0.1) is 24.4 Å². The molecule has 0 radical (unpaired) electrons. The number of halogens is 3. The molecule has 8 heteroatoms. The van der Waals surface area contributed by atoms with Crippen LogP contribution >= 0.6 is 0 Å². The maximum Gasteiger partial charge on any atom is 0.322 e. The van der Waals surface area contributed by atoms with Crippen LogP contribution in [0.25, 0.3) is 11.3 Å². The number of benzene rings is 2. The van der Waals surface area contributed by atoms with Crippen molar-refractivity contribution in [2.75, 3.05) is 5.32 Å². The summed E-state index contributed by atoms with van der Waals surface area (Å²) < 4.78 is 46.2. The fourth-order valence-electron chi connectivity index (χ4n) is 3.46. The molecule has 29 heavy (non-hydrogen) atoms. The third-order valence-electron chi connectivity index (χ3n) is 5.06. The molecule has 150 valence electrons. The maximum absolute atomic E-state index is 14.2. The fourth-order valence-corrected chi connectivity index (χ4v) is 3.46. The van der Waals surface area contributed by atoms with Gasteiger partial charge in [-0.15, -0.1) is 0 Å². The van der Waals surface area contributed by atoms with Crippen LogP contribution in [0.2, 0.25) is 0 Å². The summed E-state index contributed by atoms with van der Waals surface area (Å²) in [6.45, 7) is 3.63. The van der Waals surface area contributed by atoms with Gasteiger partial charge in [0, 0.05) is 29.8 Å². The topological polar surface area (TPSA) is 58.4 Å². The summed E-state index contributed by atoms with van der Waals surface area (Å²) in [5.41, 5.74) is 2.20. The van der Waals surface area contributed by atoms with Crippen LogP contribution < -0.4 is 5.32 Å². The predicted octanol–water partition coefficient (Wildman–Crippen LogP) is 5.05. The fraction of sp³-hybridized carbons (Fsp3) is 0.238. The van der Waals surface area contributed by atoms with E-state index in [1.807, 2.05) is 6.92 Å². The second kappa shape index (κ2) is 7.27. The number of hydrogen-bond donors (Lipinski definition) is 1. The van der Waals surface area contributed by atoms with Crippen molar-refractivity contribution in [1.82, 2.24) is 10.1 Å². The molecule has 0 fully saturated rings. The second-order valence-corrected chi connectivity index (χ2v) is 7.14. The Kier molecular flexibility index (Phi) is 4.77. The molecular formula is C21H18F3N3O2. The Hall–Kier alpha value is -3.29. The van der Waals surface area contributed by atoms with E-state index in [0.717, 1.165) is 12.1 Å². The van der Waals surface area contributed by atoms with E-state index in [1.165, 1.54) is 18.2 Å². The summed E-state index contributed by atoms with van der Waals surface area (Å²) in [7, 11) is 0. The van der Waals surface area contributed by atoms with Crippen LogP contribution in [-0.4, -0.2) is 22.1 Å². The number of anilines is 1. The lowest BCUT2D eigenvalue weighted by Gasteiger charge is -2.32. The first-order chi connectivity index (χ1) is 13.8. The molecule has 4 rings (SSSR count). The molecule has 1 aromatic heterocycles. The lowest BCUT2D eigenvalue weighted by molar-refractivity contribution is 0.182. The normalized spacial score (nSPS) is 15.9. The number of aryl methyl sites for hydroxylation is 1. The third-order valence-corrected chi connectivity index (χ3v) is 5.06. The zero-order valence-electron chi connectivity index (χ0n) is 15.8. The van der Waals surface area contributed by atoms with Crippen LogP contribution in [0.1, 0.15) is 23.7 Å². The minimum atomic E-state index is -0.764. The Labute approximate surface area is 165 Å². The highest BCUT2D eigenvalue weighted by molar-refractivity contribution is 5.90. The SMILES string of the molecule is Cc1cc(NC(=O)N2Cc3c(noc3-c3ccc(F)cc3F)CC2C)ccc1F. The molecule has 0 aliphatic carbocycles. The van der Waals surface area contributed by atoms with Gasteiger partial charge in [0.25, 0.3) is 0 Å². The molecule has 1 atom stereocenters. The van der Waals surface area contributed by atoms with Gasteiger partial charge in [-0.2, -0.15) is 0 Å². The number of nitrogens with one attached hydrogen (secondary N) is 1. The summed E-state index contributed by atoms with van der Waals surface area (Å²) in [5, 5.41) is 6.77. The highest BCUT2D eigenvalue weighted by Gasteiger charge is 2.33. The van der Waals surface area contributed by atoms with E-state index >= 15 is 0 Å². The van der Waals surface area contributed by atoms with Crippen molar-refractivity contribution in [2.45, 2.75) is 32.9 Å². The predicted molar refractivity (Wildman–Crippen MR) is 101 cm³/mol. The standard InChI is InChI=1S/C21H18F3N3O2/c1-11-7-14(4-6-17(11)23)25-21(28)27-10-16-19(8-12(27)2)26-29-20(16)15-5-3-13(22)9-18(15)24/h3-7,9,12H,8,10H2,1-2H3,(H,25,28). The number of amides is 2. The Balaban J connectivity index is 1.61. The smallest absolute Gasteiger partial charge is 0.322 e. The lowest BCUT2D eigenvalue weighted by atomic mass is 9.97. The van der Waals surface area contributed by atoms with E-state index in [1.54, 1.807) is 17.9 Å². The molecule has 0 saturated heterocycles. The third kappa shape index (κ3) is 3.57. The number of nitrogens with zero attached hydrogens (tertiary/aromatic N) is 2. The Morgan fingerprint density at radius 3 is 2.69 bits per heavy atom. The molecule has 2 aromatic carbocycles. The number of hydrogen-bond acceptors (Lipinski definition) is 3. The summed E-state index contributed by atoms with van der Waals surface area (Å²) >= 11 is 0. The first kappa shape index (κ1) is 19.0. The van der Waals surface area contributed by atoms with Gasteiger partial charge in [-0.05, 0) is 49.7 Å². The summed E-state index contributed by atoms with van der Waals surface area (Å²) in [5.74, 6) is -1.63. The highest BCUT2D eigenvalue weighted by Crippen LogP contribution is 2.34. The van der Waals surface area contributed by atoms with Gasteiger partial charge in [0.05, 0.1) is 17.8 Å². The largest absolute Gasteiger partial charge is 0.356 e. The van der Waals surface area contributed by atoms with Gasteiger partial charge in [-0.3, -0.25) is 0 Å². The molecule has 3 aromatic rings. The number of urea groups is 1. The van der Waals surface area contributed by atoms with Crippen LogP contribution in [0.4, 0.5) is 23.7 Å². The molecule has 0 spiro atoms. The van der Waals surface area contributed by atoms with Crippen LogP contribution in [0.3, 0.4) is 0 Å². The number of aromatic nitrogens is 1. The summed E-state index contributed by atoms with van der Waals surface area (Å²) in [6, 6.07) is 6.97. The number of rotatable bonds is 2.